The van der Waals surface area contributed by atoms with Crippen LogP contribution in [0.15, 0.2) is 30.5 Å². The van der Waals surface area contributed by atoms with E-state index in [0.29, 0.717) is 30.3 Å². The van der Waals surface area contributed by atoms with Crippen molar-refractivity contribution in [2.75, 3.05) is 64.8 Å². The summed E-state index contributed by atoms with van der Waals surface area (Å²) in [5.41, 5.74) is 0.0575. The van der Waals surface area contributed by atoms with Gasteiger partial charge in [0.25, 0.3) is 0 Å². The number of hydrogen-bond donors (Lipinski definition) is 0. The van der Waals surface area contributed by atoms with E-state index in [0.717, 1.165) is 50.9 Å². The predicted octanol–water partition coefficient (Wildman–Crippen LogP) is 3.56. The van der Waals surface area contributed by atoms with Gasteiger partial charge < -0.3 is 14.7 Å². The molecule has 1 saturated carbocycles. The van der Waals surface area contributed by atoms with Crippen molar-refractivity contribution in [2.45, 2.75) is 31.5 Å². The van der Waals surface area contributed by atoms with Crippen LogP contribution >= 0.6 is 0 Å². The van der Waals surface area contributed by atoms with Crippen LogP contribution in [0.1, 0.15) is 24.8 Å². The Morgan fingerprint density at radius 1 is 1.09 bits per heavy atom. The molecule has 3 heterocycles. The number of halogens is 3. The van der Waals surface area contributed by atoms with Gasteiger partial charge in [0, 0.05) is 69.6 Å². The number of alkyl halides is 3. The molecule has 1 aromatic heterocycles. The van der Waals surface area contributed by atoms with E-state index >= 15 is 0 Å². The maximum Gasteiger partial charge on any atom is 0.418 e. The summed E-state index contributed by atoms with van der Waals surface area (Å²) in [7, 11) is 3.99. The van der Waals surface area contributed by atoms with E-state index < -0.39 is 11.7 Å². The first kappa shape index (κ1) is 24.3. The van der Waals surface area contributed by atoms with Crippen molar-refractivity contribution >= 4 is 22.5 Å². The number of benzene rings is 1. The van der Waals surface area contributed by atoms with E-state index in [1.54, 1.807) is 18.2 Å². The highest BCUT2D eigenvalue weighted by Gasteiger charge is 2.40. The Morgan fingerprint density at radius 3 is 2.51 bits per heavy atom. The molecular weight excluding hydrogens is 455 g/mol. The molecule has 0 spiro atoms. The summed E-state index contributed by atoms with van der Waals surface area (Å²) in [6, 6.07) is 6.19. The van der Waals surface area contributed by atoms with Gasteiger partial charge in [-0.15, -0.1) is 0 Å². The Bertz CT molecular complexity index is 1060. The standard InChI is InChI=1S/C26H34F3N5O/c1-31-10-12-33(13-11-31)17-24(35)32(2)20-14-19(18-5-6-18)15-34(16-20)23-8-7-22(26(27,28)29)25-21(23)4-3-9-30-25/h3-4,7-9,18-20H,5-6,10-17H2,1-2H3. The van der Waals surface area contributed by atoms with Crippen molar-refractivity contribution in [1.29, 1.82) is 0 Å². The zero-order valence-corrected chi connectivity index (χ0v) is 20.5. The minimum Gasteiger partial charge on any atom is -0.369 e. The third-order valence-electron chi connectivity index (χ3n) is 8.04. The average Bonchev–Trinajstić information content (AvgIpc) is 3.69. The lowest BCUT2D eigenvalue weighted by Crippen LogP contribution is -2.55. The van der Waals surface area contributed by atoms with Gasteiger partial charge in [-0.1, -0.05) is 0 Å². The fourth-order valence-electron chi connectivity index (χ4n) is 5.67. The number of pyridine rings is 1. The summed E-state index contributed by atoms with van der Waals surface area (Å²) in [5.74, 6) is 1.19. The number of rotatable bonds is 5. The molecule has 0 radical (unpaired) electrons. The molecule has 2 saturated heterocycles. The van der Waals surface area contributed by atoms with Crippen LogP contribution in [-0.2, 0) is 11.0 Å². The van der Waals surface area contributed by atoms with Gasteiger partial charge >= 0.3 is 6.18 Å². The molecule has 2 atom stereocenters. The number of anilines is 1. The maximum atomic E-state index is 13.6. The van der Waals surface area contributed by atoms with Crippen LogP contribution in [0.2, 0.25) is 0 Å². The number of amides is 1. The molecule has 190 valence electrons. The Balaban J connectivity index is 1.38. The van der Waals surface area contributed by atoms with Gasteiger partial charge in [-0.2, -0.15) is 13.2 Å². The van der Waals surface area contributed by atoms with Crippen molar-refractivity contribution in [1.82, 2.24) is 19.7 Å². The smallest absolute Gasteiger partial charge is 0.369 e. The molecule has 3 fully saturated rings. The molecule has 6 nitrogen and oxygen atoms in total. The number of piperazine rings is 1. The Labute approximate surface area is 204 Å². The topological polar surface area (TPSA) is 42.9 Å². The number of carbonyl (C=O) groups is 1. The van der Waals surface area contributed by atoms with Gasteiger partial charge in [-0.25, -0.2) is 0 Å². The molecule has 0 N–H and O–H groups in total. The lowest BCUT2D eigenvalue weighted by Gasteiger charge is -2.44. The Morgan fingerprint density at radius 2 is 1.83 bits per heavy atom. The van der Waals surface area contributed by atoms with Crippen molar-refractivity contribution in [3.05, 3.63) is 36.0 Å². The van der Waals surface area contributed by atoms with E-state index in [2.05, 4.69) is 26.7 Å². The van der Waals surface area contributed by atoms with Crippen LogP contribution in [0, 0.1) is 11.8 Å². The number of nitrogens with zero attached hydrogens (tertiary/aromatic N) is 5. The third-order valence-corrected chi connectivity index (χ3v) is 8.04. The third kappa shape index (κ3) is 5.26. The molecule has 0 bridgehead atoms. The molecule has 2 unspecified atom stereocenters. The van der Waals surface area contributed by atoms with Crippen LogP contribution < -0.4 is 4.90 Å². The molecular formula is C26H34F3N5O. The number of hydrogen-bond acceptors (Lipinski definition) is 5. The monoisotopic (exact) mass is 489 g/mol. The molecule has 2 aromatic rings. The maximum absolute atomic E-state index is 13.6. The summed E-state index contributed by atoms with van der Waals surface area (Å²) >= 11 is 0. The van der Waals surface area contributed by atoms with Crippen molar-refractivity contribution in [3.8, 4) is 0 Å². The van der Waals surface area contributed by atoms with Crippen LogP contribution in [0.3, 0.4) is 0 Å². The number of likely N-dealkylation sites (N-methyl/N-ethyl adjacent to an activating group) is 2. The highest BCUT2D eigenvalue weighted by Crippen LogP contribution is 2.44. The molecule has 3 aliphatic rings. The normalized spacial score (nSPS) is 24.7. The second-order valence-corrected chi connectivity index (χ2v) is 10.5. The Kier molecular flexibility index (Phi) is 6.65. The highest BCUT2D eigenvalue weighted by atomic mass is 19.4. The van der Waals surface area contributed by atoms with Crippen molar-refractivity contribution in [2.24, 2.45) is 11.8 Å². The van der Waals surface area contributed by atoms with E-state index in [-0.39, 0.29) is 17.5 Å². The van der Waals surface area contributed by atoms with Gasteiger partial charge in [-0.3, -0.25) is 14.7 Å². The first-order chi connectivity index (χ1) is 16.7. The SMILES string of the molecule is CN1CCN(CC(=O)N(C)C2CC(C3CC3)CN(c3ccc(C(F)(F)F)c4ncccc34)C2)CC1. The summed E-state index contributed by atoms with van der Waals surface area (Å²) in [4.78, 5) is 25.9. The highest BCUT2D eigenvalue weighted by molar-refractivity contribution is 5.94. The molecule has 35 heavy (non-hydrogen) atoms. The molecule has 1 amide bonds. The minimum atomic E-state index is -4.46. The molecule has 2 aliphatic heterocycles. The summed E-state index contributed by atoms with van der Waals surface area (Å²) in [6.45, 7) is 5.55. The molecule has 5 rings (SSSR count). The number of aromatic nitrogens is 1. The van der Waals surface area contributed by atoms with E-state index in [4.69, 9.17) is 0 Å². The lowest BCUT2D eigenvalue weighted by atomic mass is 9.88. The molecule has 1 aliphatic carbocycles. The lowest BCUT2D eigenvalue weighted by molar-refractivity contribution is -0.136. The van der Waals surface area contributed by atoms with Crippen LogP contribution in [-0.4, -0.2) is 91.5 Å². The van der Waals surface area contributed by atoms with Crippen molar-refractivity contribution < 1.29 is 18.0 Å². The fraction of sp³-hybridized carbons (Fsp3) is 0.615. The van der Waals surface area contributed by atoms with Crippen LogP contribution in [0.4, 0.5) is 18.9 Å². The largest absolute Gasteiger partial charge is 0.418 e. The summed E-state index contributed by atoms with van der Waals surface area (Å²) in [6.07, 6.45) is 0.294. The number of fused-ring (bicyclic) bond motifs is 1. The van der Waals surface area contributed by atoms with Gasteiger partial charge in [0.1, 0.15) is 0 Å². The quantitative estimate of drug-likeness (QED) is 0.643. The van der Waals surface area contributed by atoms with Gasteiger partial charge in [-0.05, 0) is 62.4 Å². The van der Waals surface area contributed by atoms with Gasteiger partial charge in [0.05, 0.1) is 17.6 Å². The first-order valence-corrected chi connectivity index (χ1v) is 12.6. The average molecular weight is 490 g/mol. The second kappa shape index (κ2) is 9.58. The molecule has 9 heteroatoms. The van der Waals surface area contributed by atoms with Crippen LogP contribution in [0.25, 0.3) is 10.9 Å². The van der Waals surface area contributed by atoms with E-state index in [1.807, 2.05) is 11.9 Å². The van der Waals surface area contributed by atoms with Gasteiger partial charge in [0.2, 0.25) is 5.91 Å². The fourth-order valence-corrected chi connectivity index (χ4v) is 5.67. The first-order valence-electron chi connectivity index (χ1n) is 12.6. The van der Waals surface area contributed by atoms with E-state index in [1.165, 1.54) is 19.0 Å². The summed E-state index contributed by atoms with van der Waals surface area (Å²) < 4.78 is 40.9. The second-order valence-electron chi connectivity index (χ2n) is 10.5. The minimum absolute atomic E-state index is 0.0120. The molecule has 1 aromatic carbocycles. The predicted molar refractivity (Wildman–Crippen MR) is 130 cm³/mol. The van der Waals surface area contributed by atoms with Gasteiger partial charge in [0.15, 0.2) is 0 Å². The number of piperidine rings is 1. The zero-order valence-electron chi connectivity index (χ0n) is 20.5. The zero-order chi connectivity index (χ0) is 24.7. The van der Waals surface area contributed by atoms with Crippen LogP contribution in [0.5, 0.6) is 0 Å². The number of carbonyl (C=O) groups excluding carboxylic acids is 1. The Hall–Kier alpha value is -2.39. The van der Waals surface area contributed by atoms with E-state index in [9.17, 15) is 18.0 Å². The van der Waals surface area contributed by atoms with Crippen molar-refractivity contribution in [3.63, 3.8) is 0 Å². The summed E-state index contributed by atoms with van der Waals surface area (Å²) in [5, 5.41) is 0.518.